The first-order chi connectivity index (χ1) is 35.1. The van der Waals surface area contributed by atoms with Gasteiger partial charge >= 0.3 is 59.7 Å². The number of thiocarbonyl (C=S) groups is 1. The van der Waals surface area contributed by atoms with Crippen molar-refractivity contribution in [3.05, 3.63) is 0 Å². The predicted molar refractivity (Wildman–Crippen MR) is 270 cm³/mol. The summed E-state index contributed by atoms with van der Waals surface area (Å²) < 4.78 is 49.6. The number of nitrogens with zero attached hydrogens (tertiary/aromatic N) is 1. The SMILES string of the molecule is CCCSC(=S)SCC(CC(CC(CC(CC(C(=O)OCC1OC(OC(C)=O)C(OC(C)=O)C(C)C1C)C(C)(C#N)CCC(=O)O)C(=O)OCC(C)OC(C)=O)C(=O)OCC(C)O)C(=O)OCCC(=O)O)C(=O)OC. The lowest BCUT2D eigenvalue weighted by atomic mass is 9.69. The van der Waals surface area contributed by atoms with Crippen molar-refractivity contribution in [3.63, 3.8) is 0 Å². The third-order valence-corrected chi connectivity index (χ3v) is 15.2. The van der Waals surface area contributed by atoms with Gasteiger partial charge in [-0.25, -0.2) is 0 Å². The molecule has 23 nitrogen and oxygen atoms in total. The van der Waals surface area contributed by atoms with E-state index in [-0.39, 0.29) is 12.2 Å². The summed E-state index contributed by atoms with van der Waals surface area (Å²) in [6.45, 7) is 10.4. The van der Waals surface area contributed by atoms with E-state index < -0.39 is 202 Å². The van der Waals surface area contributed by atoms with Crippen LogP contribution in [0.1, 0.15) is 114 Å². The highest BCUT2D eigenvalue weighted by Crippen LogP contribution is 2.41. The van der Waals surface area contributed by atoms with E-state index in [0.717, 1.165) is 46.1 Å². The molecule has 1 aliphatic heterocycles. The number of hydrogen-bond acceptors (Lipinski definition) is 24. The molecule has 75 heavy (non-hydrogen) atoms. The van der Waals surface area contributed by atoms with Crippen LogP contribution >= 0.6 is 35.7 Å². The second kappa shape index (κ2) is 34.5. The Kier molecular flexibility index (Phi) is 31.3. The third-order valence-electron chi connectivity index (χ3n) is 12.1. The van der Waals surface area contributed by atoms with Crippen LogP contribution in [0.25, 0.3) is 0 Å². The number of rotatable bonds is 33. The smallest absolute Gasteiger partial charge is 0.310 e. The Morgan fingerprint density at radius 1 is 0.720 bits per heavy atom. The van der Waals surface area contributed by atoms with Crippen molar-refractivity contribution in [3.8, 4) is 6.07 Å². The lowest BCUT2D eigenvalue weighted by Gasteiger charge is -2.43. The van der Waals surface area contributed by atoms with Crippen LogP contribution < -0.4 is 0 Å². The van der Waals surface area contributed by atoms with E-state index in [0.29, 0.717) is 9.28 Å². The molecule has 1 aliphatic rings. The zero-order chi connectivity index (χ0) is 57.2. The van der Waals surface area contributed by atoms with Gasteiger partial charge in [0.2, 0.25) is 6.29 Å². The van der Waals surface area contributed by atoms with Gasteiger partial charge in [-0.2, -0.15) is 5.26 Å². The summed E-state index contributed by atoms with van der Waals surface area (Å²) in [5, 5.41) is 39.9. The van der Waals surface area contributed by atoms with Gasteiger partial charge in [0, 0.05) is 38.9 Å². The minimum Gasteiger partial charge on any atom is -0.481 e. The average molecular weight is 1120 g/mol. The second-order valence-corrected chi connectivity index (χ2v) is 21.9. The molecule has 0 aromatic rings. The van der Waals surface area contributed by atoms with E-state index in [1.54, 1.807) is 13.8 Å². The van der Waals surface area contributed by atoms with Crippen LogP contribution in [0, 0.1) is 58.2 Å². The van der Waals surface area contributed by atoms with Gasteiger partial charge in [0.25, 0.3) is 0 Å². The molecule has 0 saturated carbocycles. The maximum atomic E-state index is 14.6. The van der Waals surface area contributed by atoms with Gasteiger partial charge in [0.1, 0.15) is 36.1 Å². The topological polar surface area (TPSA) is 338 Å². The van der Waals surface area contributed by atoms with Crippen molar-refractivity contribution in [1.82, 2.24) is 0 Å². The fraction of sp³-hybridized carbons (Fsp3) is 0.755. The molecule has 1 heterocycles. The zero-order valence-corrected chi connectivity index (χ0v) is 46.5. The molecule has 0 bridgehead atoms. The zero-order valence-electron chi connectivity index (χ0n) is 44.1. The Labute approximate surface area is 450 Å². The Morgan fingerprint density at radius 3 is 1.77 bits per heavy atom. The minimum atomic E-state index is -1.94. The monoisotopic (exact) mass is 1120 g/mol. The number of carbonyl (C=O) groups is 10. The summed E-state index contributed by atoms with van der Waals surface area (Å²) in [6, 6.07) is 2.00. The molecule has 26 heteroatoms. The van der Waals surface area contributed by atoms with Gasteiger partial charge in [0.05, 0.1) is 66.8 Å². The first-order valence-electron chi connectivity index (χ1n) is 24.3. The standard InChI is InChI=1S/C49H73NO22S3/c1-11-16-74-48(73)75-24-36(42(59)64-10)19-34(43(60)65-15-13-40(57)58)17-33(44(61)66-21-26(2)51)18-35(45(62)67-22-27(3)69-30(6)52)20-37(49(9,25-50)14-12-39(55)56)46(63)68-23-38-28(4)29(5)41(70-31(7)53)47(72-38)71-32(8)54/h26-29,33-38,41,47,51H,11-24H2,1-10H3,(H,55,56)(H,57,58). The number of carboxylic acids is 2. The van der Waals surface area contributed by atoms with Crippen LogP contribution in [0.5, 0.6) is 0 Å². The van der Waals surface area contributed by atoms with E-state index in [9.17, 15) is 68.5 Å². The van der Waals surface area contributed by atoms with Gasteiger partial charge in [-0.1, -0.05) is 33.0 Å². The normalized spacial score (nSPS) is 20.7. The molecule has 13 atom stereocenters. The highest BCUT2D eigenvalue weighted by atomic mass is 32.2. The molecule has 1 saturated heterocycles. The van der Waals surface area contributed by atoms with Crippen molar-refractivity contribution < 1.29 is 106 Å². The molecule has 0 aliphatic carbocycles. The van der Waals surface area contributed by atoms with E-state index in [1.807, 2.05) is 13.0 Å². The van der Waals surface area contributed by atoms with Crippen LogP contribution in [0.4, 0.5) is 0 Å². The Bertz CT molecular complexity index is 2010. The number of methoxy groups -OCH3 is 1. The first-order valence-corrected chi connectivity index (χ1v) is 26.7. The molecule has 1 fully saturated rings. The van der Waals surface area contributed by atoms with Crippen molar-refractivity contribution in [2.45, 2.75) is 144 Å². The summed E-state index contributed by atoms with van der Waals surface area (Å²) in [7, 11) is 1.12. The molecule has 0 aromatic carbocycles. The van der Waals surface area contributed by atoms with Crippen molar-refractivity contribution in [2.75, 3.05) is 45.0 Å². The number of hydrogen-bond donors (Lipinski definition) is 3. The van der Waals surface area contributed by atoms with Crippen LogP contribution in [0.15, 0.2) is 0 Å². The van der Waals surface area contributed by atoms with Crippen molar-refractivity contribution in [1.29, 1.82) is 5.26 Å². The summed E-state index contributed by atoms with van der Waals surface area (Å²) in [5.41, 5.74) is -1.94. The molecule has 0 aromatic heterocycles. The molecule has 13 unspecified atom stereocenters. The lowest BCUT2D eigenvalue weighted by molar-refractivity contribution is -0.272. The van der Waals surface area contributed by atoms with Crippen LogP contribution in [0.3, 0.4) is 0 Å². The molecule has 3 N–H and O–H groups in total. The Hall–Kier alpha value is -5.10. The van der Waals surface area contributed by atoms with Gasteiger partial charge < -0.3 is 58.0 Å². The third kappa shape index (κ3) is 25.5. The largest absolute Gasteiger partial charge is 0.481 e. The van der Waals surface area contributed by atoms with Gasteiger partial charge in [0.15, 0.2) is 6.10 Å². The maximum Gasteiger partial charge on any atom is 0.310 e. The lowest BCUT2D eigenvalue weighted by Crippen LogP contribution is -2.54. The number of aliphatic hydroxyl groups excluding tert-OH is 1. The summed E-state index contributed by atoms with van der Waals surface area (Å²) >= 11 is 7.97. The van der Waals surface area contributed by atoms with Gasteiger partial charge in [-0.3, -0.25) is 47.9 Å². The van der Waals surface area contributed by atoms with Crippen molar-refractivity contribution in [2.24, 2.45) is 46.8 Å². The highest BCUT2D eigenvalue weighted by Gasteiger charge is 2.48. The highest BCUT2D eigenvalue weighted by molar-refractivity contribution is 8.47. The molecule has 0 amide bonds. The molecule has 1 rings (SSSR count). The number of thioether (sulfide) groups is 2. The maximum absolute atomic E-state index is 14.6. The average Bonchev–Trinajstić information content (AvgIpc) is 3.33. The fourth-order valence-corrected chi connectivity index (χ4v) is 10.1. The minimum absolute atomic E-state index is 0.00137. The van der Waals surface area contributed by atoms with E-state index in [2.05, 4.69) is 0 Å². The number of ether oxygens (including phenoxy) is 9. The van der Waals surface area contributed by atoms with Crippen LogP contribution in [0.2, 0.25) is 0 Å². The van der Waals surface area contributed by atoms with Crippen molar-refractivity contribution >= 4 is 99.0 Å². The number of nitriles is 1. The summed E-state index contributed by atoms with van der Waals surface area (Å²) in [4.78, 5) is 130. The van der Waals surface area contributed by atoms with Gasteiger partial charge in [-0.05, 0) is 71.0 Å². The first kappa shape index (κ1) is 67.9. The van der Waals surface area contributed by atoms with E-state index in [1.165, 1.54) is 32.5 Å². The number of esters is 8. The quantitative estimate of drug-likeness (QED) is 0.0450. The summed E-state index contributed by atoms with van der Waals surface area (Å²) in [5.74, 6) is -17.8. The molecule has 0 radical (unpaired) electrons. The van der Waals surface area contributed by atoms with Crippen LogP contribution in [-0.4, -0.2) is 154 Å². The molecular weight excluding hydrogens is 1050 g/mol. The Balaban J connectivity index is 4.08. The van der Waals surface area contributed by atoms with Gasteiger partial charge in [-0.15, -0.1) is 23.5 Å². The summed E-state index contributed by atoms with van der Waals surface area (Å²) in [6.07, 6.45) is -8.98. The molecular formula is C49H73NO22S3. The number of aliphatic carboxylic acids is 2. The fourth-order valence-electron chi connectivity index (χ4n) is 7.91. The number of carboxylic acid groups (broad SMARTS) is 2. The Morgan fingerprint density at radius 2 is 1.27 bits per heavy atom. The molecule has 424 valence electrons. The van der Waals surface area contributed by atoms with Crippen LogP contribution in [-0.2, 0) is 90.6 Å². The number of carbonyl (C=O) groups excluding carboxylic acids is 8. The second-order valence-electron chi connectivity index (χ2n) is 18.6. The van der Waals surface area contributed by atoms with E-state index in [4.69, 9.17) is 54.8 Å². The molecule has 0 spiro atoms. The predicted octanol–water partition coefficient (Wildman–Crippen LogP) is 4.83. The van der Waals surface area contributed by atoms with E-state index >= 15 is 0 Å². The number of aliphatic hydroxyl groups is 1.